The fourth-order valence-corrected chi connectivity index (χ4v) is 3.31. The van der Waals surface area contributed by atoms with Crippen LogP contribution in [0.1, 0.15) is 61.7 Å². The van der Waals surface area contributed by atoms with E-state index in [2.05, 4.69) is 19.2 Å². The van der Waals surface area contributed by atoms with Crippen molar-refractivity contribution in [2.75, 3.05) is 13.2 Å². The molecule has 124 valence electrons. The van der Waals surface area contributed by atoms with E-state index in [4.69, 9.17) is 14.2 Å². The Kier molecular flexibility index (Phi) is 7.69. The van der Waals surface area contributed by atoms with E-state index in [0.717, 1.165) is 32.3 Å². The van der Waals surface area contributed by atoms with Crippen molar-refractivity contribution in [1.29, 1.82) is 0 Å². The summed E-state index contributed by atoms with van der Waals surface area (Å²) in [7, 11) is 0. The SMILES string of the molecule is C=C=C(C)CC1CCC2OC3COC[C@@]2(C3)O1.CC.CC.[HH]. The Morgan fingerprint density at radius 2 is 2.00 bits per heavy atom. The zero-order valence-corrected chi connectivity index (χ0v) is 14.4. The molecule has 3 aliphatic heterocycles. The highest BCUT2D eigenvalue weighted by Gasteiger charge is 2.55. The van der Waals surface area contributed by atoms with E-state index in [1.165, 1.54) is 5.57 Å². The fourth-order valence-electron chi connectivity index (χ4n) is 3.31. The van der Waals surface area contributed by atoms with Gasteiger partial charge in [0.15, 0.2) is 0 Å². The number of fused-ring (bicyclic) bond motifs is 1. The van der Waals surface area contributed by atoms with Crippen LogP contribution in [0.15, 0.2) is 17.9 Å². The lowest BCUT2D eigenvalue weighted by Crippen LogP contribution is -2.52. The summed E-state index contributed by atoms with van der Waals surface area (Å²) >= 11 is 0. The van der Waals surface area contributed by atoms with E-state index in [1.807, 2.05) is 27.7 Å². The molecule has 3 aliphatic rings. The Hall–Kier alpha value is -0.600. The molecule has 0 aromatic carbocycles. The van der Waals surface area contributed by atoms with E-state index >= 15 is 0 Å². The summed E-state index contributed by atoms with van der Waals surface area (Å²) in [6.45, 7) is 15.2. The van der Waals surface area contributed by atoms with Crippen molar-refractivity contribution >= 4 is 0 Å². The quantitative estimate of drug-likeness (QED) is 0.702. The Morgan fingerprint density at radius 3 is 2.67 bits per heavy atom. The standard InChI is InChI=1S/C14H20O3.2C2H6.H2/c1-3-10(2)6-11-4-5-13-14(17-11)7-12(16-13)8-15-9-14;2*1-2;/h11-13H,1,4-9H2,2H3;2*1-2H3;1H/t11?,12?,13?,14-;;;/m1.../s1. The second-order valence-corrected chi connectivity index (χ2v) is 5.51. The van der Waals surface area contributed by atoms with E-state index < -0.39 is 0 Å². The summed E-state index contributed by atoms with van der Waals surface area (Å²) < 4.78 is 17.9. The van der Waals surface area contributed by atoms with Crippen molar-refractivity contribution in [3.63, 3.8) is 0 Å². The first-order valence-corrected chi connectivity index (χ1v) is 8.48. The number of hydrogen-bond donors (Lipinski definition) is 0. The van der Waals surface area contributed by atoms with Gasteiger partial charge in [-0.15, -0.1) is 5.73 Å². The molecule has 3 saturated heterocycles. The van der Waals surface area contributed by atoms with Crippen molar-refractivity contribution in [2.45, 2.75) is 84.2 Å². The molecule has 3 fully saturated rings. The van der Waals surface area contributed by atoms with E-state index in [-0.39, 0.29) is 25.3 Å². The summed E-state index contributed by atoms with van der Waals surface area (Å²) in [6, 6.07) is 0. The third-order valence-corrected chi connectivity index (χ3v) is 4.15. The average Bonchev–Trinajstić information content (AvgIpc) is 2.79. The molecule has 3 nitrogen and oxygen atoms in total. The molecule has 3 unspecified atom stereocenters. The number of hydrogen-bond acceptors (Lipinski definition) is 3. The van der Waals surface area contributed by atoms with Gasteiger partial charge in [-0.1, -0.05) is 34.3 Å². The van der Waals surface area contributed by atoms with Gasteiger partial charge >= 0.3 is 0 Å². The Labute approximate surface area is 131 Å². The maximum absolute atomic E-state index is 6.30. The molecular formula is C18H34O3. The monoisotopic (exact) mass is 298 g/mol. The number of ether oxygens (including phenoxy) is 3. The maximum atomic E-state index is 6.30. The van der Waals surface area contributed by atoms with Crippen LogP contribution in [0.4, 0.5) is 0 Å². The lowest BCUT2D eigenvalue weighted by Gasteiger charge is -2.42. The average molecular weight is 298 g/mol. The minimum atomic E-state index is -0.159. The second kappa shape index (κ2) is 8.75. The van der Waals surface area contributed by atoms with Gasteiger partial charge in [-0.05, 0) is 25.3 Å². The van der Waals surface area contributed by atoms with Gasteiger partial charge in [-0.3, -0.25) is 0 Å². The first-order chi connectivity index (χ1) is 10.2. The molecule has 0 radical (unpaired) electrons. The molecule has 0 amide bonds. The molecule has 4 atom stereocenters. The summed E-state index contributed by atoms with van der Waals surface area (Å²) in [6.07, 6.45) is 4.88. The van der Waals surface area contributed by atoms with Crippen LogP contribution < -0.4 is 0 Å². The predicted octanol–water partition coefficient (Wildman–Crippen LogP) is 4.51. The van der Waals surface area contributed by atoms with Crippen molar-refractivity contribution in [3.05, 3.63) is 17.9 Å². The summed E-state index contributed by atoms with van der Waals surface area (Å²) in [4.78, 5) is 0. The molecule has 21 heavy (non-hydrogen) atoms. The normalized spacial score (nSPS) is 36.1. The van der Waals surface area contributed by atoms with Gasteiger partial charge in [0.25, 0.3) is 0 Å². The minimum absolute atomic E-state index is 0. The number of rotatable bonds is 2. The van der Waals surface area contributed by atoms with Crippen molar-refractivity contribution in [2.24, 2.45) is 0 Å². The van der Waals surface area contributed by atoms with Gasteiger partial charge in [0.05, 0.1) is 31.5 Å². The molecular weight excluding hydrogens is 264 g/mol. The molecule has 0 aromatic rings. The van der Waals surface area contributed by atoms with Crippen molar-refractivity contribution < 1.29 is 15.6 Å². The highest BCUT2D eigenvalue weighted by Crippen LogP contribution is 2.45. The highest BCUT2D eigenvalue weighted by molar-refractivity contribution is 5.05. The molecule has 3 heterocycles. The molecule has 1 spiro atoms. The minimum Gasteiger partial charge on any atom is -0.376 e. The smallest absolute Gasteiger partial charge is 0.120 e. The molecule has 3 rings (SSSR count). The van der Waals surface area contributed by atoms with Crippen LogP contribution in [0.25, 0.3) is 0 Å². The Morgan fingerprint density at radius 1 is 1.29 bits per heavy atom. The third kappa shape index (κ3) is 4.20. The molecule has 0 N–H and O–H groups in total. The zero-order valence-electron chi connectivity index (χ0n) is 14.4. The first kappa shape index (κ1) is 18.4. The molecule has 3 heteroatoms. The van der Waals surface area contributed by atoms with Crippen LogP contribution in [0.3, 0.4) is 0 Å². The van der Waals surface area contributed by atoms with Gasteiger partial charge in [0.1, 0.15) is 5.60 Å². The summed E-state index contributed by atoms with van der Waals surface area (Å²) in [5.74, 6) is 0. The Bertz CT molecular complexity index is 365. The molecule has 0 saturated carbocycles. The highest BCUT2D eigenvalue weighted by atomic mass is 16.6. The van der Waals surface area contributed by atoms with Gasteiger partial charge in [0.2, 0.25) is 0 Å². The van der Waals surface area contributed by atoms with Gasteiger partial charge in [-0.25, -0.2) is 0 Å². The molecule has 2 bridgehead atoms. The largest absolute Gasteiger partial charge is 0.376 e. The van der Waals surface area contributed by atoms with Gasteiger partial charge < -0.3 is 14.2 Å². The molecule has 0 aromatic heterocycles. The first-order valence-electron chi connectivity index (χ1n) is 8.48. The van der Waals surface area contributed by atoms with Crippen LogP contribution in [0.5, 0.6) is 0 Å². The van der Waals surface area contributed by atoms with Gasteiger partial charge in [0, 0.05) is 14.3 Å². The van der Waals surface area contributed by atoms with Gasteiger partial charge in [-0.2, -0.15) is 0 Å². The lowest BCUT2D eigenvalue weighted by molar-refractivity contribution is -0.182. The second-order valence-electron chi connectivity index (χ2n) is 5.51. The van der Waals surface area contributed by atoms with Crippen LogP contribution in [0.2, 0.25) is 0 Å². The van der Waals surface area contributed by atoms with Crippen LogP contribution in [-0.2, 0) is 14.2 Å². The van der Waals surface area contributed by atoms with E-state index in [1.54, 1.807) is 0 Å². The van der Waals surface area contributed by atoms with Crippen molar-refractivity contribution in [3.8, 4) is 0 Å². The lowest BCUT2D eigenvalue weighted by atomic mass is 9.85. The third-order valence-electron chi connectivity index (χ3n) is 4.15. The predicted molar refractivity (Wildman–Crippen MR) is 88.7 cm³/mol. The maximum Gasteiger partial charge on any atom is 0.120 e. The summed E-state index contributed by atoms with van der Waals surface area (Å²) in [5.41, 5.74) is 3.97. The van der Waals surface area contributed by atoms with Crippen LogP contribution in [-0.4, -0.2) is 37.1 Å². The van der Waals surface area contributed by atoms with Crippen molar-refractivity contribution in [1.82, 2.24) is 0 Å². The summed E-state index contributed by atoms with van der Waals surface area (Å²) in [5, 5.41) is 0. The zero-order chi connectivity index (χ0) is 15.9. The molecule has 0 aliphatic carbocycles. The van der Waals surface area contributed by atoms with Crippen LogP contribution in [0, 0.1) is 0 Å². The van der Waals surface area contributed by atoms with Crippen LogP contribution >= 0.6 is 0 Å². The Balaban J connectivity index is 0.000000819. The van der Waals surface area contributed by atoms with E-state index in [0.29, 0.717) is 6.61 Å². The fraction of sp³-hybridized carbons (Fsp3) is 0.833. The topological polar surface area (TPSA) is 27.7 Å². The van der Waals surface area contributed by atoms with E-state index in [9.17, 15) is 0 Å².